The second kappa shape index (κ2) is 9.39. The number of hydrogen-bond donors (Lipinski definition) is 2. The number of rotatable bonds is 5. The summed E-state index contributed by atoms with van der Waals surface area (Å²) >= 11 is 0. The molecule has 2 aliphatic rings. The molecule has 0 saturated carbocycles. The number of benzene rings is 1. The van der Waals surface area contributed by atoms with E-state index in [2.05, 4.69) is 5.32 Å². The zero-order valence-electron chi connectivity index (χ0n) is 15.8. The molecule has 0 bridgehead atoms. The van der Waals surface area contributed by atoms with Crippen LogP contribution in [0.4, 0.5) is 5.69 Å². The summed E-state index contributed by atoms with van der Waals surface area (Å²) in [7, 11) is 1.57. The van der Waals surface area contributed by atoms with Crippen LogP contribution in [-0.4, -0.2) is 55.2 Å². The van der Waals surface area contributed by atoms with Crippen LogP contribution in [0.5, 0.6) is 5.75 Å². The Morgan fingerprint density at radius 3 is 2.78 bits per heavy atom. The minimum absolute atomic E-state index is 0. The van der Waals surface area contributed by atoms with Gasteiger partial charge in [0.2, 0.25) is 5.91 Å². The van der Waals surface area contributed by atoms with Crippen molar-refractivity contribution in [2.45, 2.75) is 50.9 Å². The van der Waals surface area contributed by atoms with Crippen molar-refractivity contribution in [2.24, 2.45) is 5.73 Å². The van der Waals surface area contributed by atoms with Crippen molar-refractivity contribution in [2.75, 3.05) is 25.5 Å². The maximum atomic E-state index is 12.8. The summed E-state index contributed by atoms with van der Waals surface area (Å²) in [4.78, 5) is 27.3. The second-order valence-electron chi connectivity index (χ2n) is 6.94. The molecule has 2 heterocycles. The third kappa shape index (κ3) is 4.72. The van der Waals surface area contributed by atoms with Gasteiger partial charge < -0.3 is 25.4 Å². The van der Waals surface area contributed by atoms with Gasteiger partial charge in [-0.1, -0.05) is 6.07 Å². The first-order valence-electron chi connectivity index (χ1n) is 9.15. The molecule has 2 saturated heterocycles. The first-order valence-corrected chi connectivity index (χ1v) is 9.15. The molecule has 27 heavy (non-hydrogen) atoms. The fraction of sp³-hybridized carbons (Fsp3) is 0.579. The highest BCUT2D eigenvalue weighted by molar-refractivity contribution is 5.99. The van der Waals surface area contributed by atoms with Crippen molar-refractivity contribution >= 4 is 29.9 Å². The van der Waals surface area contributed by atoms with E-state index in [0.29, 0.717) is 37.4 Å². The number of likely N-dealkylation sites (tertiary alicyclic amines) is 1. The summed E-state index contributed by atoms with van der Waals surface area (Å²) in [6.45, 7) is 2.95. The number of methoxy groups -OCH3 is 1. The van der Waals surface area contributed by atoms with Gasteiger partial charge in [0, 0.05) is 13.1 Å². The summed E-state index contributed by atoms with van der Waals surface area (Å²) in [5.41, 5.74) is 7.27. The van der Waals surface area contributed by atoms with Gasteiger partial charge in [0.1, 0.15) is 17.9 Å². The molecule has 8 heteroatoms. The van der Waals surface area contributed by atoms with Crippen LogP contribution in [0.2, 0.25) is 0 Å². The van der Waals surface area contributed by atoms with Crippen molar-refractivity contribution in [3.8, 4) is 5.75 Å². The molecule has 0 aromatic heterocycles. The summed E-state index contributed by atoms with van der Waals surface area (Å²) in [5.74, 6) is 0.313. The van der Waals surface area contributed by atoms with E-state index in [1.54, 1.807) is 12.0 Å². The number of ether oxygens (including phenoxy) is 2. The Bertz CT molecular complexity index is 685. The normalized spacial score (nSPS) is 24.4. The number of carbonyl (C=O) groups is 2. The van der Waals surface area contributed by atoms with Crippen molar-refractivity contribution in [3.63, 3.8) is 0 Å². The molecule has 1 unspecified atom stereocenters. The Balaban J connectivity index is 0.00000261. The van der Waals surface area contributed by atoms with E-state index in [-0.39, 0.29) is 30.3 Å². The van der Waals surface area contributed by atoms with Gasteiger partial charge in [-0.25, -0.2) is 0 Å². The molecule has 3 N–H and O–H groups in total. The number of carbonyl (C=O) groups excluding carboxylic acids is 2. The van der Waals surface area contributed by atoms with E-state index in [1.807, 2.05) is 25.1 Å². The lowest BCUT2D eigenvalue weighted by Gasteiger charge is -2.27. The van der Waals surface area contributed by atoms with E-state index < -0.39 is 12.1 Å². The van der Waals surface area contributed by atoms with Gasteiger partial charge >= 0.3 is 0 Å². The van der Waals surface area contributed by atoms with Gasteiger partial charge in [0.15, 0.2) is 0 Å². The van der Waals surface area contributed by atoms with Gasteiger partial charge in [-0.15, -0.1) is 12.4 Å². The Labute approximate surface area is 166 Å². The Kier molecular flexibility index (Phi) is 7.47. The number of nitrogens with two attached hydrogens (primary N) is 1. The van der Waals surface area contributed by atoms with Crippen LogP contribution in [0.3, 0.4) is 0 Å². The molecular formula is C19H28ClN3O4. The molecular weight excluding hydrogens is 370 g/mol. The molecule has 0 aliphatic carbocycles. The molecule has 1 aromatic carbocycles. The molecule has 3 rings (SSSR count). The van der Waals surface area contributed by atoms with Crippen LogP contribution < -0.4 is 15.8 Å². The lowest BCUT2D eigenvalue weighted by molar-refractivity contribution is -0.146. The highest BCUT2D eigenvalue weighted by atomic mass is 35.5. The van der Waals surface area contributed by atoms with Gasteiger partial charge in [-0.3, -0.25) is 9.59 Å². The van der Waals surface area contributed by atoms with Crippen molar-refractivity contribution in [1.29, 1.82) is 0 Å². The highest BCUT2D eigenvalue weighted by Crippen LogP contribution is 2.29. The fourth-order valence-electron chi connectivity index (χ4n) is 3.68. The predicted octanol–water partition coefficient (Wildman–Crippen LogP) is 1.86. The molecule has 150 valence electrons. The van der Waals surface area contributed by atoms with E-state index in [9.17, 15) is 9.59 Å². The second-order valence-corrected chi connectivity index (χ2v) is 6.94. The van der Waals surface area contributed by atoms with Crippen LogP contribution in [0.15, 0.2) is 18.2 Å². The van der Waals surface area contributed by atoms with Crippen LogP contribution >= 0.6 is 12.4 Å². The number of aryl methyl sites for hydroxylation is 1. The van der Waals surface area contributed by atoms with Crippen LogP contribution in [0.1, 0.15) is 31.2 Å². The third-order valence-corrected chi connectivity index (χ3v) is 5.10. The van der Waals surface area contributed by atoms with Crippen LogP contribution in [0, 0.1) is 6.92 Å². The SMILES string of the molecule is COc1ccc(C)cc1NC(=O)C1CCCN1C(=O)[C@@H]1CC[C@H](CN)O1.Cl. The van der Waals surface area contributed by atoms with Crippen molar-refractivity contribution in [1.82, 2.24) is 4.90 Å². The number of hydrogen-bond acceptors (Lipinski definition) is 5. The molecule has 1 aromatic rings. The Morgan fingerprint density at radius 1 is 1.33 bits per heavy atom. The quantitative estimate of drug-likeness (QED) is 0.790. The fourth-order valence-corrected chi connectivity index (χ4v) is 3.68. The number of nitrogens with zero attached hydrogens (tertiary/aromatic N) is 1. The van der Waals surface area contributed by atoms with E-state index in [0.717, 1.165) is 18.4 Å². The molecule has 2 amide bonds. The zero-order chi connectivity index (χ0) is 18.7. The van der Waals surface area contributed by atoms with Crippen molar-refractivity contribution < 1.29 is 19.1 Å². The summed E-state index contributed by atoms with van der Waals surface area (Å²) in [6, 6.07) is 5.13. The largest absolute Gasteiger partial charge is 0.495 e. The highest BCUT2D eigenvalue weighted by Gasteiger charge is 2.40. The van der Waals surface area contributed by atoms with Gasteiger partial charge in [0.25, 0.3) is 5.91 Å². The molecule has 2 fully saturated rings. The van der Waals surface area contributed by atoms with E-state index in [1.165, 1.54) is 0 Å². The van der Waals surface area contributed by atoms with Gasteiger partial charge in [-0.05, 0) is 50.3 Å². The predicted molar refractivity (Wildman–Crippen MR) is 105 cm³/mol. The average molecular weight is 398 g/mol. The summed E-state index contributed by atoms with van der Waals surface area (Å²) in [6.07, 6.45) is 2.37. The maximum absolute atomic E-state index is 12.8. The van der Waals surface area contributed by atoms with Gasteiger partial charge in [0.05, 0.1) is 18.9 Å². The van der Waals surface area contributed by atoms with Gasteiger partial charge in [-0.2, -0.15) is 0 Å². The minimum Gasteiger partial charge on any atom is -0.495 e. The van der Waals surface area contributed by atoms with E-state index in [4.69, 9.17) is 15.2 Å². The van der Waals surface area contributed by atoms with E-state index >= 15 is 0 Å². The molecule has 2 aliphatic heterocycles. The standard InChI is InChI=1S/C19H27N3O4.ClH/c1-12-5-7-16(25-2)14(10-12)21-18(23)15-4-3-9-22(15)19(24)17-8-6-13(11-20)26-17;/h5,7,10,13,15,17H,3-4,6,8-9,11,20H2,1-2H3,(H,21,23);1H/t13-,15?,17+;/m1./s1. The zero-order valence-corrected chi connectivity index (χ0v) is 16.6. The number of amides is 2. The maximum Gasteiger partial charge on any atom is 0.252 e. The summed E-state index contributed by atoms with van der Waals surface area (Å²) in [5, 5.41) is 2.92. The lowest BCUT2D eigenvalue weighted by Crippen LogP contribution is -2.47. The number of halogens is 1. The number of nitrogens with one attached hydrogen (secondary N) is 1. The molecule has 0 spiro atoms. The molecule has 7 nitrogen and oxygen atoms in total. The Hall–Kier alpha value is -1.83. The summed E-state index contributed by atoms with van der Waals surface area (Å²) < 4.78 is 11.0. The van der Waals surface area contributed by atoms with Crippen LogP contribution in [-0.2, 0) is 14.3 Å². The average Bonchev–Trinajstić information content (AvgIpc) is 3.30. The molecule has 0 radical (unpaired) electrons. The first kappa shape index (κ1) is 21.5. The monoisotopic (exact) mass is 397 g/mol. The topological polar surface area (TPSA) is 93.9 Å². The minimum atomic E-state index is -0.481. The number of anilines is 1. The molecule has 3 atom stereocenters. The first-order chi connectivity index (χ1) is 12.5. The third-order valence-electron chi connectivity index (χ3n) is 5.10. The van der Waals surface area contributed by atoms with Crippen molar-refractivity contribution in [3.05, 3.63) is 23.8 Å². The Morgan fingerprint density at radius 2 is 2.11 bits per heavy atom. The smallest absolute Gasteiger partial charge is 0.252 e. The lowest BCUT2D eigenvalue weighted by atomic mass is 10.1. The van der Waals surface area contributed by atoms with Crippen LogP contribution in [0.25, 0.3) is 0 Å².